The third-order valence-corrected chi connectivity index (χ3v) is 3.30. The van der Waals surface area contributed by atoms with Gasteiger partial charge in [0.1, 0.15) is 0 Å². The van der Waals surface area contributed by atoms with Crippen molar-refractivity contribution in [2.45, 2.75) is 26.7 Å². The summed E-state index contributed by atoms with van der Waals surface area (Å²) in [4.78, 5) is 0. The quantitative estimate of drug-likeness (QED) is 0.455. The van der Waals surface area contributed by atoms with Crippen molar-refractivity contribution in [2.24, 2.45) is 11.8 Å². The molecule has 0 spiro atoms. The number of nitrogens with zero attached hydrogens (tertiary/aromatic N) is 1. The highest BCUT2D eigenvalue weighted by Gasteiger charge is 2.12. The van der Waals surface area contributed by atoms with Crippen molar-refractivity contribution in [1.82, 2.24) is 4.31 Å². The Kier molecular flexibility index (Phi) is 7.89. The zero-order valence-corrected chi connectivity index (χ0v) is 11.4. The van der Waals surface area contributed by atoms with Crippen LogP contribution in [0.15, 0.2) is 24.8 Å². The highest BCUT2D eigenvalue weighted by atomic mass is 32.2. The summed E-state index contributed by atoms with van der Waals surface area (Å²) in [6, 6.07) is 0. The fraction of sp³-hybridized carbons (Fsp3) is 0.692. The van der Waals surface area contributed by atoms with Crippen LogP contribution in [0, 0.1) is 11.8 Å². The Labute approximate surface area is 99.8 Å². The first-order valence-corrected chi connectivity index (χ1v) is 6.69. The van der Waals surface area contributed by atoms with Crippen molar-refractivity contribution in [2.75, 3.05) is 19.8 Å². The second-order valence-electron chi connectivity index (χ2n) is 4.49. The standard InChI is InChI=1S/C13H25NS/c1-7-13(8-11(2)3)9-12(4)10-14(5)15-6/h7,12-13H,1-2,8-10H2,3-6H3. The van der Waals surface area contributed by atoms with E-state index in [1.165, 1.54) is 12.0 Å². The molecule has 88 valence electrons. The average molecular weight is 227 g/mol. The first-order chi connectivity index (χ1) is 6.99. The van der Waals surface area contributed by atoms with Crippen molar-refractivity contribution in [3.63, 3.8) is 0 Å². The Bertz CT molecular complexity index is 201. The van der Waals surface area contributed by atoms with Gasteiger partial charge in [0.05, 0.1) is 0 Å². The van der Waals surface area contributed by atoms with E-state index in [2.05, 4.69) is 50.7 Å². The molecule has 0 amide bonds. The maximum atomic E-state index is 3.96. The van der Waals surface area contributed by atoms with E-state index in [1.807, 2.05) is 0 Å². The summed E-state index contributed by atoms with van der Waals surface area (Å²) in [6.07, 6.45) is 6.48. The highest BCUT2D eigenvalue weighted by Crippen LogP contribution is 2.21. The summed E-state index contributed by atoms with van der Waals surface area (Å²) < 4.78 is 2.28. The Balaban J connectivity index is 3.95. The van der Waals surface area contributed by atoms with Crippen LogP contribution < -0.4 is 0 Å². The summed E-state index contributed by atoms with van der Waals surface area (Å²) in [5.41, 5.74) is 1.25. The lowest BCUT2D eigenvalue weighted by molar-refractivity contribution is 0.376. The topological polar surface area (TPSA) is 3.24 Å². The van der Waals surface area contributed by atoms with Crippen molar-refractivity contribution in [1.29, 1.82) is 0 Å². The Morgan fingerprint density at radius 3 is 2.53 bits per heavy atom. The Morgan fingerprint density at radius 1 is 1.53 bits per heavy atom. The monoisotopic (exact) mass is 227 g/mol. The van der Waals surface area contributed by atoms with Gasteiger partial charge in [-0.05, 0) is 44.9 Å². The predicted molar refractivity (Wildman–Crippen MR) is 73.0 cm³/mol. The minimum absolute atomic E-state index is 0.591. The second kappa shape index (κ2) is 8.00. The van der Waals surface area contributed by atoms with E-state index in [0.717, 1.165) is 13.0 Å². The van der Waals surface area contributed by atoms with Crippen LogP contribution in [0.1, 0.15) is 26.7 Å². The minimum Gasteiger partial charge on any atom is -0.254 e. The van der Waals surface area contributed by atoms with Crippen LogP contribution in [0.25, 0.3) is 0 Å². The fourth-order valence-electron chi connectivity index (χ4n) is 1.82. The Morgan fingerprint density at radius 2 is 2.13 bits per heavy atom. The van der Waals surface area contributed by atoms with Gasteiger partial charge in [0.2, 0.25) is 0 Å². The van der Waals surface area contributed by atoms with Crippen molar-refractivity contribution in [3.05, 3.63) is 24.8 Å². The maximum Gasteiger partial charge on any atom is 0.0112 e. The third-order valence-electron chi connectivity index (χ3n) is 2.53. The van der Waals surface area contributed by atoms with E-state index in [-0.39, 0.29) is 0 Å². The van der Waals surface area contributed by atoms with Crippen LogP contribution in [0.5, 0.6) is 0 Å². The van der Waals surface area contributed by atoms with E-state index in [0.29, 0.717) is 11.8 Å². The maximum absolute atomic E-state index is 3.96. The molecule has 0 fully saturated rings. The zero-order chi connectivity index (χ0) is 11.8. The minimum atomic E-state index is 0.591. The van der Waals surface area contributed by atoms with Crippen LogP contribution in [-0.4, -0.2) is 24.2 Å². The molecule has 0 heterocycles. The first-order valence-electron chi connectivity index (χ1n) is 5.51. The number of hydrogen-bond acceptors (Lipinski definition) is 2. The Hall–Kier alpha value is -0.210. The van der Waals surface area contributed by atoms with E-state index in [4.69, 9.17) is 0 Å². The van der Waals surface area contributed by atoms with Crippen LogP contribution in [0.3, 0.4) is 0 Å². The molecule has 0 aliphatic rings. The highest BCUT2D eigenvalue weighted by molar-refractivity contribution is 7.96. The molecule has 0 rings (SSSR count). The van der Waals surface area contributed by atoms with Crippen LogP contribution >= 0.6 is 11.9 Å². The molecule has 0 aliphatic carbocycles. The van der Waals surface area contributed by atoms with Gasteiger partial charge < -0.3 is 0 Å². The lowest BCUT2D eigenvalue weighted by Gasteiger charge is -2.22. The van der Waals surface area contributed by atoms with Crippen LogP contribution in [0.4, 0.5) is 0 Å². The molecule has 2 atom stereocenters. The third kappa shape index (κ3) is 7.69. The number of rotatable bonds is 8. The summed E-state index contributed by atoms with van der Waals surface area (Å²) in [5.74, 6) is 1.30. The van der Waals surface area contributed by atoms with Gasteiger partial charge in [-0.3, -0.25) is 4.31 Å². The van der Waals surface area contributed by atoms with E-state index >= 15 is 0 Å². The lowest BCUT2D eigenvalue weighted by atomic mass is 9.91. The molecule has 2 heteroatoms. The van der Waals surface area contributed by atoms with Gasteiger partial charge in [-0.1, -0.05) is 30.5 Å². The van der Waals surface area contributed by atoms with Gasteiger partial charge in [-0.25, -0.2) is 0 Å². The fourth-order valence-corrected chi connectivity index (χ4v) is 2.22. The van der Waals surface area contributed by atoms with Gasteiger partial charge in [-0.15, -0.1) is 13.2 Å². The molecule has 1 nitrogen and oxygen atoms in total. The predicted octanol–water partition coefficient (Wildman–Crippen LogP) is 3.99. The first kappa shape index (κ1) is 14.8. The van der Waals surface area contributed by atoms with Crippen molar-refractivity contribution in [3.8, 4) is 0 Å². The van der Waals surface area contributed by atoms with Crippen LogP contribution in [-0.2, 0) is 0 Å². The second-order valence-corrected chi connectivity index (χ2v) is 5.48. The van der Waals surface area contributed by atoms with E-state index < -0.39 is 0 Å². The molecule has 0 aromatic rings. The number of hydrogen-bond donors (Lipinski definition) is 0. The van der Waals surface area contributed by atoms with Crippen molar-refractivity contribution < 1.29 is 0 Å². The molecular weight excluding hydrogens is 202 g/mol. The summed E-state index contributed by atoms with van der Waals surface area (Å²) in [7, 11) is 2.14. The van der Waals surface area contributed by atoms with Crippen molar-refractivity contribution >= 4 is 11.9 Å². The molecule has 0 saturated heterocycles. The summed E-state index contributed by atoms with van der Waals surface area (Å²) >= 11 is 1.79. The molecular formula is C13H25NS. The molecule has 0 aromatic carbocycles. The summed E-state index contributed by atoms with van der Waals surface area (Å²) in [5, 5.41) is 0. The zero-order valence-electron chi connectivity index (χ0n) is 10.6. The smallest absolute Gasteiger partial charge is 0.0112 e. The van der Waals surface area contributed by atoms with E-state index in [9.17, 15) is 0 Å². The molecule has 0 saturated carbocycles. The van der Waals surface area contributed by atoms with Gasteiger partial charge in [0.25, 0.3) is 0 Å². The van der Waals surface area contributed by atoms with Gasteiger partial charge in [-0.2, -0.15) is 0 Å². The molecule has 0 aromatic heterocycles. The normalized spacial score (nSPS) is 15.0. The van der Waals surface area contributed by atoms with Gasteiger partial charge >= 0.3 is 0 Å². The van der Waals surface area contributed by atoms with E-state index in [1.54, 1.807) is 11.9 Å². The number of allylic oxidation sites excluding steroid dienone is 2. The average Bonchev–Trinajstić information content (AvgIpc) is 2.15. The molecule has 0 aliphatic heterocycles. The molecule has 2 unspecified atom stereocenters. The molecule has 0 N–H and O–H groups in total. The van der Waals surface area contributed by atoms with Gasteiger partial charge in [0.15, 0.2) is 0 Å². The van der Waals surface area contributed by atoms with Gasteiger partial charge in [0, 0.05) is 6.54 Å². The SMILES string of the molecule is C=CC(CC(=C)C)CC(C)CN(C)SC. The molecule has 15 heavy (non-hydrogen) atoms. The van der Waals surface area contributed by atoms with Crippen LogP contribution in [0.2, 0.25) is 0 Å². The molecule has 0 bridgehead atoms. The summed E-state index contributed by atoms with van der Waals surface area (Å²) in [6.45, 7) is 13.4. The lowest BCUT2D eigenvalue weighted by Crippen LogP contribution is -2.19. The largest absolute Gasteiger partial charge is 0.254 e. The molecule has 0 radical (unpaired) electrons.